The highest BCUT2D eigenvalue weighted by atomic mass is 32.2. The van der Waals surface area contributed by atoms with Crippen LogP contribution in [0.4, 0.5) is 5.82 Å². The quantitative estimate of drug-likeness (QED) is 0.182. The first-order chi connectivity index (χ1) is 20.2. The third kappa shape index (κ3) is 5.01. The molecule has 0 radical (unpaired) electrons. The van der Waals surface area contributed by atoms with Gasteiger partial charge in [-0.25, -0.2) is 26.8 Å². The highest BCUT2D eigenvalue weighted by Gasteiger charge is 2.33. The summed E-state index contributed by atoms with van der Waals surface area (Å²) in [6.07, 6.45) is 2.50. The molecule has 0 saturated heterocycles. The number of benzene rings is 4. The number of para-hydroxylation sites is 2. The highest BCUT2D eigenvalue weighted by molar-refractivity contribution is 7.93. The van der Waals surface area contributed by atoms with Crippen LogP contribution in [-0.2, 0) is 26.4 Å². The molecule has 0 amide bonds. The summed E-state index contributed by atoms with van der Waals surface area (Å²) in [7, 11) is -8.45. The van der Waals surface area contributed by atoms with Gasteiger partial charge in [0.25, 0.3) is 10.0 Å². The van der Waals surface area contributed by atoms with Crippen molar-refractivity contribution in [3.8, 4) is 0 Å². The summed E-state index contributed by atoms with van der Waals surface area (Å²) in [6.45, 7) is 4.30. The van der Waals surface area contributed by atoms with Crippen molar-refractivity contribution in [2.75, 3.05) is 4.72 Å². The average Bonchev–Trinajstić information content (AvgIpc) is 3.27. The number of anilines is 1. The lowest BCUT2D eigenvalue weighted by atomic mass is 10.1. The maximum absolute atomic E-state index is 14.3. The van der Waals surface area contributed by atoms with Gasteiger partial charge in [0.2, 0.25) is 9.84 Å². The van der Waals surface area contributed by atoms with Gasteiger partial charge in [0.15, 0.2) is 5.65 Å². The van der Waals surface area contributed by atoms with Crippen molar-refractivity contribution >= 4 is 58.6 Å². The van der Waals surface area contributed by atoms with E-state index in [9.17, 15) is 16.8 Å². The van der Waals surface area contributed by atoms with E-state index >= 15 is 0 Å². The second-order valence-corrected chi connectivity index (χ2v) is 13.9. The molecule has 2 aromatic heterocycles. The Bertz CT molecular complexity index is 2170. The third-order valence-electron chi connectivity index (χ3n) is 7.36. The van der Waals surface area contributed by atoms with Gasteiger partial charge >= 0.3 is 0 Å². The molecule has 214 valence electrons. The number of unbranched alkanes of at least 4 members (excludes halogenated alkanes) is 2. The molecule has 6 aromatic rings. The average molecular weight is 599 g/mol. The molecule has 0 aliphatic rings. The van der Waals surface area contributed by atoms with Crippen molar-refractivity contribution in [3.63, 3.8) is 0 Å². The zero-order valence-corrected chi connectivity index (χ0v) is 24.9. The number of nitrogens with one attached hydrogen (secondary N) is 1. The van der Waals surface area contributed by atoms with E-state index in [1.54, 1.807) is 47.0 Å². The molecule has 4 aromatic carbocycles. The van der Waals surface area contributed by atoms with E-state index in [1.165, 1.54) is 18.2 Å². The van der Waals surface area contributed by atoms with Gasteiger partial charge in [-0.1, -0.05) is 79.9 Å². The van der Waals surface area contributed by atoms with E-state index in [0.717, 1.165) is 29.2 Å². The number of nitrogens with zero attached hydrogens (tertiary/aromatic N) is 3. The number of rotatable bonds is 9. The first-order valence-electron chi connectivity index (χ1n) is 13.8. The smallest absolute Gasteiger partial charge is 0.263 e. The molecule has 8 nitrogen and oxygen atoms in total. The lowest BCUT2D eigenvalue weighted by molar-refractivity contribution is 0.592. The van der Waals surface area contributed by atoms with E-state index < -0.39 is 19.9 Å². The van der Waals surface area contributed by atoms with Gasteiger partial charge in [-0.05, 0) is 60.5 Å². The van der Waals surface area contributed by atoms with Crippen LogP contribution in [0.25, 0.3) is 33.0 Å². The predicted octanol–water partition coefficient (Wildman–Crippen LogP) is 6.87. The van der Waals surface area contributed by atoms with Crippen LogP contribution >= 0.6 is 0 Å². The summed E-state index contributed by atoms with van der Waals surface area (Å²) in [5, 5.41) is 1.65. The van der Waals surface area contributed by atoms with Crippen molar-refractivity contribution in [1.82, 2.24) is 14.5 Å². The number of sulfonamides is 1. The number of hydrogen-bond donors (Lipinski definition) is 1. The van der Waals surface area contributed by atoms with Crippen LogP contribution in [0.15, 0.2) is 106 Å². The minimum atomic E-state index is -4.23. The summed E-state index contributed by atoms with van der Waals surface area (Å²) < 4.78 is 60.9. The number of hydrogen-bond acceptors (Lipinski definition) is 6. The SMILES string of the molecule is CCCCCn1c(NS(=O)(=O)c2ccc3ccccc3c2)c(S(=O)(=O)c2ccc(C)cc2)c2nc3ccccc3nc21. The van der Waals surface area contributed by atoms with E-state index in [0.29, 0.717) is 29.6 Å². The van der Waals surface area contributed by atoms with Crippen molar-refractivity contribution in [2.45, 2.75) is 54.3 Å². The molecule has 0 saturated carbocycles. The summed E-state index contributed by atoms with van der Waals surface area (Å²) in [5.74, 6) is -0.0647. The molecule has 0 unspecified atom stereocenters. The Labute approximate surface area is 245 Å². The second-order valence-electron chi connectivity index (χ2n) is 10.4. The second kappa shape index (κ2) is 10.8. The highest BCUT2D eigenvalue weighted by Crippen LogP contribution is 2.38. The maximum Gasteiger partial charge on any atom is 0.263 e. The molecule has 0 atom stereocenters. The molecule has 0 fully saturated rings. The van der Waals surface area contributed by atoms with Gasteiger partial charge in [0, 0.05) is 6.54 Å². The zero-order chi connectivity index (χ0) is 29.5. The van der Waals surface area contributed by atoms with Gasteiger partial charge in [-0.2, -0.15) is 0 Å². The summed E-state index contributed by atoms with van der Waals surface area (Å²) >= 11 is 0. The zero-order valence-electron chi connectivity index (χ0n) is 23.3. The Morgan fingerprint density at radius 3 is 2.10 bits per heavy atom. The van der Waals surface area contributed by atoms with Crippen LogP contribution in [0.2, 0.25) is 0 Å². The Kier molecular flexibility index (Phi) is 7.20. The fourth-order valence-corrected chi connectivity index (χ4v) is 7.84. The largest absolute Gasteiger partial charge is 0.309 e. The first kappa shape index (κ1) is 27.9. The number of fused-ring (bicyclic) bond motifs is 3. The van der Waals surface area contributed by atoms with Crippen molar-refractivity contribution < 1.29 is 16.8 Å². The van der Waals surface area contributed by atoms with E-state index in [-0.39, 0.29) is 26.0 Å². The Morgan fingerprint density at radius 1 is 0.738 bits per heavy atom. The lowest BCUT2D eigenvalue weighted by Crippen LogP contribution is -2.18. The molecule has 6 rings (SSSR count). The van der Waals surface area contributed by atoms with Crippen LogP contribution in [0.3, 0.4) is 0 Å². The molecular weight excluding hydrogens is 569 g/mol. The van der Waals surface area contributed by atoms with Crippen LogP contribution in [0, 0.1) is 6.92 Å². The Balaban J connectivity index is 1.63. The molecule has 0 aliphatic carbocycles. The van der Waals surface area contributed by atoms with Crippen LogP contribution in [-0.4, -0.2) is 31.4 Å². The van der Waals surface area contributed by atoms with Crippen LogP contribution in [0.1, 0.15) is 31.7 Å². The van der Waals surface area contributed by atoms with Crippen molar-refractivity contribution in [2.24, 2.45) is 0 Å². The van der Waals surface area contributed by atoms with Crippen molar-refractivity contribution in [3.05, 3.63) is 96.6 Å². The summed E-state index contributed by atoms with van der Waals surface area (Å²) in [5.41, 5.74) is 2.44. The van der Waals surface area contributed by atoms with Gasteiger partial charge in [-0.3, -0.25) is 4.72 Å². The standard InChI is InChI=1S/C32H30N4O4S2/c1-3-4-9-20-36-31-29(33-27-12-7-8-13-28(27)34-31)30(41(37,38)25-17-14-22(2)15-18-25)32(36)35-42(39,40)26-19-16-23-10-5-6-11-24(23)21-26/h5-8,10-19,21,35H,3-4,9,20H2,1-2H3. The van der Waals surface area contributed by atoms with Gasteiger partial charge < -0.3 is 4.57 Å². The molecule has 10 heteroatoms. The minimum Gasteiger partial charge on any atom is -0.309 e. The Morgan fingerprint density at radius 2 is 1.38 bits per heavy atom. The summed E-state index contributed by atoms with van der Waals surface area (Å²) in [6, 6.07) is 26.0. The predicted molar refractivity (Wildman–Crippen MR) is 166 cm³/mol. The first-order valence-corrected chi connectivity index (χ1v) is 16.8. The number of aryl methyl sites for hydroxylation is 2. The molecular formula is C32H30N4O4S2. The molecule has 1 N–H and O–H groups in total. The topological polar surface area (TPSA) is 111 Å². The summed E-state index contributed by atoms with van der Waals surface area (Å²) in [4.78, 5) is 9.41. The molecule has 2 heterocycles. The minimum absolute atomic E-state index is 0.0244. The fraction of sp³-hybridized carbons (Fsp3) is 0.188. The maximum atomic E-state index is 14.3. The number of aromatic nitrogens is 3. The van der Waals surface area contributed by atoms with E-state index in [2.05, 4.69) is 11.6 Å². The van der Waals surface area contributed by atoms with Gasteiger partial charge in [-0.15, -0.1) is 0 Å². The Hall–Kier alpha value is -4.28. The van der Waals surface area contributed by atoms with Crippen LogP contribution in [0.5, 0.6) is 0 Å². The lowest BCUT2D eigenvalue weighted by Gasteiger charge is -2.15. The normalized spacial score (nSPS) is 12.3. The fourth-order valence-electron chi connectivity index (χ4n) is 5.12. The molecule has 0 aliphatic heterocycles. The van der Waals surface area contributed by atoms with E-state index in [4.69, 9.17) is 9.97 Å². The molecule has 0 spiro atoms. The van der Waals surface area contributed by atoms with Gasteiger partial charge in [0.1, 0.15) is 16.2 Å². The molecule has 0 bridgehead atoms. The van der Waals surface area contributed by atoms with Crippen molar-refractivity contribution in [1.29, 1.82) is 0 Å². The monoisotopic (exact) mass is 598 g/mol. The number of sulfone groups is 1. The van der Waals surface area contributed by atoms with E-state index in [1.807, 2.05) is 37.3 Å². The molecule has 42 heavy (non-hydrogen) atoms. The third-order valence-corrected chi connectivity index (χ3v) is 10.5. The van der Waals surface area contributed by atoms with Crippen LogP contribution < -0.4 is 4.72 Å². The van der Waals surface area contributed by atoms with Gasteiger partial charge in [0.05, 0.1) is 20.8 Å².